The second kappa shape index (κ2) is 5.58. The van der Waals surface area contributed by atoms with Gasteiger partial charge in [-0.05, 0) is 41.5 Å². The molecule has 0 spiro atoms. The number of benzene rings is 2. The van der Waals surface area contributed by atoms with Crippen LogP contribution in [-0.4, -0.2) is 9.13 Å². The van der Waals surface area contributed by atoms with Crippen LogP contribution in [0.2, 0.25) is 0 Å². The summed E-state index contributed by atoms with van der Waals surface area (Å²) >= 11 is 0. The van der Waals surface area contributed by atoms with Crippen LogP contribution in [0, 0.1) is 17.1 Å². The molecule has 0 saturated heterocycles. The third-order valence-electron chi connectivity index (χ3n) is 3.86. The summed E-state index contributed by atoms with van der Waals surface area (Å²) in [6, 6.07) is 13.5. The Morgan fingerprint density at radius 1 is 1.13 bits per heavy atom. The molecule has 0 aliphatic heterocycles. The molecule has 0 fully saturated rings. The van der Waals surface area contributed by atoms with E-state index in [1.54, 1.807) is 41.4 Å². The van der Waals surface area contributed by atoms with Crippen LogP contribution < -0.4 is 5.69 Å². The topological polar surface area (TPSA) is 50.7 Å². The van der Waals surface area contributed by atoms with E-state index in [9.17, 15) is 14.4 Å². The molecule has 0 amide bonds. The van der Waals surface area contributed by atoms with Gasteiger partial charge < -0.3 is 0 Å². The van der Waals surface area contributed by atoms with Gasteiger partial charge in [-0.15, -0.1) is 0 Å². The fourth-order valence-electron chi connectivity index (χ4n) is 2.62. The maximum atomic E-state index is 13.3. The van der Waals surface area contributed by atoms with Gasteiger partial charge in [-0.3, -0.25) is 9.13 Å². The maximum Gasteiger partial charge on any atom is 0.328 e. The Balaban J connectivity index is 2.14. The number of halogens is 1. The minimum atomic E-state index is -0.385. The minimum Gasteiger partial charge on any atom is -0.295 e. The summed E-state index contributed by atoms with van der Waals surface area (Å²) in [4.78, 5) is 12.0. The number of nitriles is 1. The molecule has 0 radical (unpaired) electrons. The maximum absolute atomic E-state index is 13.3. The average molecular weight is 307 g/mol. The van der Waals surface area contributed by atoms with E-state index >= 15 is 0 Å². The molecule has 0 saturated carbocycles. The highest BCUT2D eigenvalue weighted by Crippen LogP contribution is 2.21. The second-order valence-electron chi connectivity index (χ2n) is 5.33. The van der Waals surface area contributed by atoms with E-state index < -0.39 is 0 Å². The van der Waals surface area contributed by atoms with Gasteiger partial charge in [0.1, 0.15) is 5.82 Å². The van der Waals surface area contributed by atoms with Crippen molar-refractivity contribution in [2.24, 2.45) is 14.1 Å². The van der Waals surface area contributed by atoms with Crippen LogP contribution in [0.15, 0.2) is 47.3 Å². The van der Waals surface area contributed by atoms with Crippen LogP contribution >= 0.6 is 0 Å². The average Bonchev–Trinajstić information content (AvgIpc) is 2.77. The predicted molar refractivity (Wildman–Crippen MR) is 88.0 cm³/mol. The number of rotatable bonds is 2. The van der Waals surface area contributed by atoms with Gasteiger partial charge in [-0.25, -0.2) is 9.18 Å². The number of fused-ring (bicyclic) bond motifs is 1. The van der Waals surface area contributed by atoms with Crippen molar-refractivity contribution in [2.45, 2.75) is 0 Å². The van der Waals surface area contributed by atoms with Crippen molar-refractivity contribution in [1.29, 1.82) is 5.26 Å². The van der Waals surface area contributed by atoms with Crippen molar-refractivity contribution >= 4 is 22.7 Å². The fraction of sp³-hybridized carbons (Fsp3) is 0.111. The molecule has 114 valence electrons. The van der Waals surface area contributed by atoms with Gasteiger partial charge >= 0.3 is 5.69 Å². The molecule has 0 atom stereocenters. The molecule has 1 heterocycles. The summed E-state index contributed by atoms with van der Waals surface area (Å²) in [5.41, 5.74) is 3.16. The lowest BCUT2D eigenvalue weighted by molar-refractivity contribution is 0.627. The number of aryl methyl sites for hydroxylation is 2. The highest BCUT2D eigenvalue weighted by Gasteiger charge is 2.08. The third kappa shape index (κ3) is 2.55. The summed E-state index contributed by atoms with van der Waals surface area (Å²) in [7, 11) is 3.42. The lowest BCUT2D eigenvalue weighted by Crippen LogP contribution is -2.19. The smallest absolute Gasteiger partial charge is 0.295 e. The summed E-state index contributed by atoms with van der Waals surface area (Å²) in [5, 5.41) is 9.35. The van der Waals surface area contributed by atoms with Gasteiger partial charge in [0.25, 0.3) is 0 Å². The molecule has 2 aromatic carbocycles. The first-order valence-corrected chi connectivity index (χ1v) is 7.04. The van der Waals surface area contributed by atoms with Crippen molar-refractivity contribution in [3.8, 4) is 6.07 Å². The lowest BCUT2D eigenvalue weighted by Gasteiger charge is -2.01. The number of imidazole rings is 1. The van der Waals surface area contributed by atoms with Crippen molar-refractivity contribution < 1.29 is 4.39 Å². The van der Waals surface area contributed by atoms with Crippen LogP contribution in [0.4, 0.5) is 4.39 Å². The third-order valence-corrected chi connectivity index (χ3v) is 3.86. The summed E-state index contributed by atoms with van der Waals surface area (Å²) < 4.78 is 16.5. The number of allylic oxidation sites excluding steroid dienone is 1. The SMILES string of the molecule is Cn1c(=O)n(C)c2cc(/C=C(\C#N)c3cccc(F)c3)ccc21. The highest BCUT2D eigenvalue weighted by atomic mass is 19.1. The van der Waals surface area contributed by atoms with Gasteiger partial charge in [0, 0.05) is 14.1 Å². The summed E-state index contributed by atoms with van der Waals surface area (Å²) in [6.07, 6.45) is 1.69. The molecule has 23 heavy (non-hydrogen) atoms. The first kappa shape index (κ1) is 14.8. The molecule has 0 aliphatic rings. The Morgan fingerprint density at radius 3 is 2.57 bits per heavy atom. The molecule has 3 aromatic rings. The van der Waals surface area contributed by atoms with Crippen LogP contribution in [0.3, 0.4) is 0 Å². The predicted octanol–water partition coefficient (Wildman–Crippen LogP) is 3.08. The largest absolute Gasteiger partial charge is 0.328 e. The quantitative estimate of drug-likeness (QED) is 0.539. The zero-order chi connectivity index (χ0) is 16.6. The number of hydrogen-bond acceptors (Lipinski definition) is 2. The first-order chi connectivity index (χ1) is 11.0. The van der Waals surface area contributed by atoms with Gasteiger partial charge in [-0.1, -0.05) is 18.2 Å². The first-order valence-electron chi connectivity index (χ1n) is 7.04. The van der Waals surface area contributed by atoms with E-state index in [2.05, 4.69) is 6.07 Å². The van der Waals surface area contributed by atoms with E-state index in [1.807, 2.05) is 18.2 Å². The fourth-order valence-corrected chi connectivity index (χ4v) is 2.62. The Labute approximate surface area is 132 Å². The number of nitrogens with zero attached hydrogens (tertiary/aromatic N) is 3. The van der Waals surface area contributed by atoms with E-state index in [0.717, 1.165) is 16.6 Å². The molecule has 0 N–H and O–H groups in total. The van der Waals surface area contributed by atoms with Gasteiger partial charge in [0.15, 0.2) is 0 Å². The monoisotopic (exact) mass is 307 g/mol. The van der Waals surface area contributed by atoms with Crippen molar-refractivity contribution in [2.75, 3.05) is 0 Å². The van der Waals surface area contributed by atoms with Crippen molar-refractivity contribution in [3.05, 3.63) is 69.9 Å². The molecule has 0 aliphatic carbocycles. The molecular weight excluding hydrogens is 293 g/mol. The normalized spacial score (nSPS) is 11.7. The molecule has 1 aromatic heterocycles. The van der Waals surface area contributed by atoms with Gasteiger partial charge in [0.2, 0.25) is 0 Å². The van der Waals surface area contributed by atoms with Crippen LogP contribution in [0.1, 0.15) is 11.1 Å². The van der Waals surface area contributed by atoms with E-state index in [1.165, 1.54) is 12.1 Å². The molecule has 0 bridgehead atoms. The van der Waals surface area contributed by atoms with Gasteiger partial charge in [0.05, 0.1) is 22.7 Å². The zero-order valence-corrected chi connectivity index (χ0v) is 12.7. The Morgan fingerprint density at radius 2 is 1.87 bits per heavy atom. The minimum absolute atomic E-state index is 0.105. The van der Waals surface area contributed by atoms with E-state index in [0.29, 0.717) is 11.1 Å². The van der Waals surface area contributed by atoms with Crippen molar-refractivity contribution in [3.63, 3.8) is 0 Å². The number of hydrogen-bond donors (Lipinski definition) is 0. The molecule has 5 heteroatoms. The summed E-state index contributed by atoms with van der Waals surface area (Å²) in [6.45, 7) is 0. The molecular formula is C18H14FN3O. The molecule has 4 nitrogen and oxygen atoms in total. The van der Waals surface area contributed by atoms with Gasteiger partial charge in [-0.2, -0.15) is 5.26 Å². The lowest BCUT2D eigenvalue weighted by atomic mass is 10.0. The van der Waals surface area contributed by atoms with Crippen LogP contribution in [0.5, 0.6) is 0 Å². The Kier molecular flexibility index (Phi) is 3.59. The van der Waals surface area contributed by atoms with Crippen LogP contribution in [0.25, 0.3) is 22.7 Å². The standard InChI is InChI=1S/C18H14FN3O/c1-21-16-7-6-12(9-17(16)22(2)18(21)23)8-14(11-20)13-4-3-5-15(19)10-13/h3-10H,1-2H3/b14-8+. The number of aromatic nitrogens is 2. The Hall–Kier alpha value is -3.13. The summed E-state index contributed by atoms with van der Waals surface area (Å²) in [5.74, 6) is -0.385. The van der Waals surface area contributed by atoms with E-state index in [-0.39, 0.29) is 11.5 Å². The molecule has 0 unspecified atom stereocenters. The second-order valence-corrected chi connectivity index (χ2v) is 5.33. The van der Waals surface area contributed by atoms with Crippen LogP contribution in [-0.2, 0) is 14.1 Å². The van der Waals surface area contributed by atoms with E-state index in [4.69, 9.17) is 0 Å². The molecule has 3 rings (SSSR count). The van der Waals surface area contributed by atoms with Crippen molar-refractivity contribution in [1.82, 2.24) is 9.13 Å². The Bertz CT molecular complexity index is 1030. The highest BCUT2D eigenvalue weighted by molar-refractivity contribution is 5.91. The zero-order valence-electron chi connectivity index (χ0n) is 12.7.